The molecule has 4 aliphatic carbocycles. The van der Waals surface area contributed by atoms with Crippen molar-refractivity contribution in [2.24, 2.45) is 58.2 Å². The highest BCUT2D eigenvalue weighted by molar-refractivity contribution is 7.80. The monoisotopic (exact) mass is 511 g/mol. The van der Waals surface area contributed by atoms with E-state index >= 15 is 0 Å². The SMILES string of the molecule is CC(C)[C@@H](C)C[C@H](O)[C@@H](C)[C@H]1CC[C@H]2[C@@H]3CC(=O)[C@H]4C[C@@H](OS(=O)(=O)[O-])CC[C@]4(C)[C@H]3CC[C@]12C. The lowest BCUT2D eigenvalue weighted by Gasteiger charge is -2.60. The van der Waals surface area contributed by atoms with Gasteiger partial charge in [0.15, 0.2) is 0 Å². The summed E-state index contributed by atoms with van der Waals surface area (Å²) in [5, 5.41) is 11.1. The van der Waals surface area contributed by atoms with Crippen molar-refractivity contribution in [1.82, 2.24) is 0 Å². The Hall–Kier alpha value is -0.500. The third-order valence-corrected chi connectivity index (χ3v) is 12.2. The van der Waals surface area contributed by atoms with Gasteiger partial charge in [0.1, 0.15) is 5.78 Å². The smallest absolute Gasteiger partial charge is 0.217 e. The molecule has 0 amide bonds. The van der Waals surface area contributed by atoms with E-state index in [9.17, 15) is 22.9 Å². The summed E-state index contributed by atoms with van der Waals surface area (Å²) >= 11 is 0. The van der Waals surface area contributed by atoms with E-state index < -0.39 is 16.5 Å². The molecule has 0 aliphatic heterocycles. The molecule has 6 nitrogen and oxygen atoms in total. The zero-order valence-corrected chi connectivity index (χ0v) is 23.4. The molecular formula is C28H47O6S-. The van der Waals surface area contributed by atoms with Gasteiger partial charge in [-0.25, -0.2) is 8.42 Å². The first-order chi connectivity index (χ1) is 16.2. The predicted octanol–water partition coefficient (Wildman–Crippen LogP) is 5.35. The van der Waals surface area contributed by atoms with Gasteiger partial charge in [-0.05, 0) is 104 Å². The van der Waals surface area contributed by atoms with Gasteiger partial charge in [-0.3, -0.25) is 8.98 Å². The summed E-state index contributed by atoms with van der Waals surface area (Å²) in [5.74, 6) is 3.14. The Morgan fingerprint density at radius 1 is 1.03 bits per heavy atom. The van der Waals surface area contributed by atoms with Crippen molar-refractivity contribution in [3.63, 3.8) is 0 Å². The fraction of sp³-hybridized carbons (Fsp3) is 0.964. The van der Waals surface area contributed by atoms with E-state index in [1.54, 1.807) is 0 Å². The van der Waals surface area contributed by atoms with Gasteiger partial charge in [0.25, 0.3) is 0 Å². The van der Waals surface area contributed by atoms with Gasteiger partial charge in [-0.1, -0.05) is 41.5 Å². The minimum absolute atomic E-state index is 0.149. The highest BCUT2D eigenvalue weighted by Gasteiger charge is 2.63. The summed E-state index contributed by atoms with van der Waals surface area (Å²) in [5.41, 5.74) is 0.00675. The lowest BCUT2D eigenvalue weighted by atomic mass is 9.44. The molecule has 1 N–H and O–H groups in total. The Labute approximate surface area is 212 Å². The average molecular weight is 512 g/mol. The molecule has 4 aliphatic rings. The maximum absolute atomic E-state index is 13.5. The second-order valence-corrected chi connectivity index (χ2v) is 14.6. The van der Waals surface area contributed by atoms with Crippen LogP contribution in [0.5, 0.6) is 0 Å². The van der Waals surface area contributed by atoms with E-state index in [1.165, 1.54) is 0 Å². The molecule has 4 fully saturated rings. The Bertz CT molecular complexity index is 901. The van der Waals surface area contributed by atoms with Crippen LogP contribution in [0.3, 0.4) is 0 Å². The van der Waals surface area contributed by atoms with Crippen LogP contribution < -0.4 is 0 Å². The number of fused-ring (bicyclic) bond motifs is 5. The average Bonchev–Trinajstić information content (AvgIpc) is 3.10. The van der Waals surface area contributed by atoms with Crippen LogP contribution in [0.4, 0.5) is 0 Å². The lowest BCUT2D eigenvalue weighted by Crippen LogP contribution is -2.57. The molecule has 7 heteroatoms. The molecule has 0 heterocycles. The largest absolute Gasteiger partial charge is 0.726 e. The highest BCUT2D eigenvalue weighted by atomic mass is 32.3. The molecule has 0 saturated heterocycles. The number of carbonyl (C=O) groups is 1. The van der Waals surface area contributed by atoms with Gasteiger partial charge in [-0.15, -0.1) is 0 Å². The van der Waals surface area contributed by atoms with Crippen LogP contribution in [-0.2, 0) is 19.4 Å². The van der Waals surface area contributed by atoms with Gasteiger partial charge in [0.05, 0.1) is 12.2 Å². The third kappa shape index (κ3) is 5.00. The molecule has 0 aromatic rings. The van der Waals surface area contributed by atoms with Crippen molar-refractivity contribution in [2.75, 3.05) is 0 Å². The quantitative estimate of drug-likeness (QED) is 0.365. The first-order valence-electron chi connectivity index (χ1n) is 14.0. The molecule has 0 aromatic heterocycles. The molecule has 11 atom stereocenters. The van der Waals surface area contributed by atoms with Gasteiger partial charge < -0.3 is 9.66 Å². The minimum atomic E-state index is -4.76. The van der Waals surface area contributed by atoms with Crippen molar-refractivity contribution in [2.45, 2.75) is 112 Å². The second-order valence-electron chi connectivity index (χ2n) is 13.6. The molecule has 4 rings (SSSR count). The Balaban J connectivity index is 1.50. The number of Topliss-reactive ketones (excluding diaryl/α,β-unsaturated/α-hetero) is 1. The molecule has 0 spiro atoms. The van der Waals surface area contributed by atoms with Gasteiger partial charge in [0.2, 0.25) is 10.4 Å². The molecule has 0 unspecified atom stereocenters. The van der Waals surface area contributed by atoms with E-state index in [-0.39, 0.29) is 34.6 Å². The molecular weight excluding hydrogens is 464 g/mol. The fourth-order valence-corrected chi connectivity index (χ4v) is 9.81. The van der Waals surface area contributed by atoms with Gasteiger partial charge in [-0.2, -0.15) is 0 Å². The summed E-state index contributed by atoms with van der Waals surface area (Å²) < 4.78 is 38.3. The van der Waals surface area contributed by atoms with Crippen LogP contribution in [-0.4, -0.2) is 36.1 Å². The zero-order valence-electron chi connectivity index (χ0n) is 22.5. The molecule has 202 valence electrons. The van der Waals surface area contributed by atoms with Crippen molar-refractivity contribution in [1.29, 1.82) is 0 Å². The highest BCUT2D eigenvalue weighted by Crippen LogP contribution is 2.68. The van der Waals surface area contributed by atoms with Crippen molar-refractivity contribution in [3.8, 4) is 0 Å². The summed E-state index contributed by atoms with van der Waals surface area (Å²) in [6.07, 6.45) is 6.55. The first-order valence-corrected chi connectivity index (χ1v) is 15.4. The summed E-state index contributed by atoms with van der Waals surface area (Å²) in [6.45, 7) is 13.6. The van der Waals surface area contributed by atoms with E-state index in [4.69, 9.17) is 4.18 Å². The van der Waals surface area contributed by atoms with Crippen LogP contribution in [0.15, 0.2) is 0 Å². The molecule has 0 radical (unpaired) electrons. The maximum atomic E-state index is 13.5. The number of carbonyl (C=O) groups excluding carboxylic acids is 1. The molecule has 0 aromatic carbocycles. The zero-order chi connectivity index (χ0) is 25.9. The van der Waals surface area contributed by atoms with E-state index in [1.807, 2.05) is 0 Å². The predicted molar refractivity (Wildman–Crippen MR) is 134 cm³/mol. The topological polar surface area (TPSA) is 104 Å². The normalized spacial score (nSPS) is 44.3. The summed E-state index contributed by atoms with van der Waals surface area (Å²) in [7, 11) is -4.76. The van der Waals surface area contributed by atoms with Crippen LogP contribution in [0.2, 0.25) is 0 Å². The lowest BCUT2D eigenvalue weighted by molar-refractivity contribution is -0.160. The first kappa shape index (κ1) is 27.5. The van der Waals surface area contributed by atoms with E-state index in [0.717, 1.165) is 38.5 Å². The Kier molecular flexibility index (Phi) is 7.60. The van der Waals surface area contributed by atoms with Crippen LogP contribution >= 0.6 is 0 Å². The van der Waals surface area contributed by atoms with E-state index in [0.29, 0.717) is 54.8 Å². The van der Waals surface area contributed by atoms with Crippen molar-refractivity contribution >= 4 is 16.2 Å². The van der Waals surface area contributed by atoms with Crippen LogP contribution in [0, 0.1) is 58.2 Å². The van der Waals surface area contributed by atoms with Crippen molar-refractivity contribution in [3.05, 3.63) is 0 Å². The number of hydrogen-bond acceptors (Lipinski definition) is 6. The molecule has 0 bridgehead atoms. The van der Waals surface area contributed by atoms with Gasteiger partial charge >= 0.3 is 0 Å². The maximum Gasteiger partial charge on any atom is 0.217 e. The van der Waals surface area contributed by atoms with Gasteiger partial charge in [0, 0.05) is 12.3 Å². The number of ketones is 1. The third-order valence-electron chi connectivity index (χ3n) is 11.7. The standard InChI is InChI=1S/C28H48O6S/c1-16(2)17(3)13-25(29)18(4)21-7-8-22-20-15-26(30)24-14-19(34-35(31,32)33)9-11-28(24,6)23(20)10-12-27(21,22)5/h16-25,29H,7-15H2,1-6H3,(H,31,32,33)/p-1/t17-,18-,19-,20-,21+,22-,23-,24+,25-,27+,28+/m0/s1. The Morgan fingerprint density at radius 2 is 1.66 bits per heavy atom. The number of hydrogen-bond donors (Lipinski definition) is 1. The van der Waals surface area contributed by atoms with Crippen molar-refractivity contribution < 1.29 is 27.1 Å². The fourth-order valence-electron chi connectivity index (χ4n) is 9.30. The summed E-state index contributed by atoms with van der Waals surface area (Å²) in [6, 6.07) is 0. The second kappa shape index (κ2) is 9.67. The number of aliphatic hydroxyl groups is 1. The van der Waals surface area contributed by atoms with E-state index in [2.05, 4.69) is 41.5 Å². The van der Waals surface area contributed by atoms with Crippen LogP contribution in [0.25, 0.3) is 0 Å². The molecule has 4 saturated carbocycles. The van der Waals surface area contributed by atoms with Crippen LogP contribution in [0.1, 0.15) is 99.3 Å². The Morgan fingerprint density at radius 3 is 2.29 bits per heavy atom. The number of rotatable bonds is 7. The minimum Gasteiger partial charge on any atom is -0.726 e. The number of aliphatic hydroxyl groups excluding tert-OH is 1. The summed E-state index contributed by atoms with van der Waals surface area (Å²) in [4.78, 5) is 13.5. The molecule has 35 heavy (non-hydrogen) atoms.